The number of hydrogen-bond donors (Lipinski definition) is 2. The summed E-state index contributed by atoms with van der Waals surface area (Å²) in [7, 11) is -0.634. The van der Waals surface area contributed by atoms with Crippen molar-refractivity contribution in [2.45, 2.75) is 42.0 Å². The highest BCUT2D eigenvalue weighted by atomic mass is 32.2. The van der Waals surface area contributed by atoms with Crippen LogP contribution in [0.3, 0.4) is 0 Å². The molecule has 46 heavy (non-hydrogen) atoms. The van der Waals surface area contributed by atoms with Crippen LogP contribution in [0.25, 0.3) is 21.5 Å². The second kappa shape index (κ2) is 13.1. The molecular formula is C32H38N6O6S2. The number of anilines is 2. The Labute approximate surface area is 268 Å². The van der Waals surface area contributed by atoms with Crippen LogP contribution in [0.1, 0.15) is 25.7 Å². The quantitative estimate of drug-likeness (QED) is 0.182. The van der Waals surface area contributed by atoms with Crippen LogP contribution in [0, 0.1) is 0 Å². The smallest absolute Gasteiger partial charge is 0.361 e. The molecule has 5 aromatic rings. The topological polar surface area (TPSA) is 147 Å². The predicted octanol–water partition coefficient (Wildman–Crippen LogP) is 3.55. The van der Waals surface area contributed by atoms with E-state index in [1.165, 1.54) is 6.07 Å². The number of nitrogens with zero attached hydrogens (tertiary/aromatic N) is 4. The number of H-pyrrole nitrogens is 1. The fourth-order valence-electron chi connectivity index (χ4n) is 5.65. The van der Waals surface area contributed by atoms with Crippen LogP contribution < -0.4 is 25.9 Å². The highest BCUT2D eigenvalue weighted by Crippen LogP contribution is 2.31. The van der Waals surface area contributed by atoms with Gasteiger partial charge in [-0.3, -0.25) is 0 Å². The van der Waals surface area contributed by atoms with E-state index in [0.717, 1.165) is 21.3 Å². The van der Waals surface area contributed by atoms with Gasteiger partial charge in [0.2, 0.25) is 10.0 Å². The summed E-state index contributed by atoms with van der Waals surface area (Å²) in [6, 6.07) is 20.9. The number of rotatable bonds is 13. The van der Waals surface area contributed by atoms with Crippen LogP contribution in [0.4, 0.5) is 11.4 Å². The van der Waals surface area contributed by atoms with Crippen molar-refractivity contribution in [3.05, 3.63) is 93.8 Å². The third-order valence-corrected chi connectivity index (χ3v) is 11.1. The lowest BCUT2D eigenvalue weighted by molar-refractivity contribution is 0.542. The summed E-state index contributed by atoms with van der Waals surface area (Å²) in [6.45, 7) is 0.245. The van der Waals surface area contributed by atoms with Crippen molar-refractivity contribution in [3.8, 4) is 0 Å². The summed E-state index contributed by atoms with van der Waals surface area (Å²) in [5.41, 5.74) is -0.0467. The summed E-state index contributed by atoms with van der Waals surface area (Å²) >= 11 is 0. The molecule has 0 fully saturated rings. The van der Waals surface area contributed by atoms with Crippen LogP contribution in [0.2, 0.25) is 0 Å². The van der Waals surface area contributed by atoms with Crippen molar-refractivity contribution in [2.75, 3.05) is 44.5 Å². The molecule has 0 unspecified atom stereocenters. The fourth-order valence-corrected chi connectivity index (χ4v) is 8.35. The van der Waals surface area contributed by atoms with Gasteiger partial charge in [-0.2, -0.15) is 8.42 Å². The van der Waals surface area contributed by atoms with Crippen LogP contribution in [-0.4, -0.2) is 65.3 Å². The molecular weight excluding hydrogens is 629 g/mol. The first kappa shape index (κ1) is 33.0. The molecule has 5 rings (SSSR count). The fraction of sp³-hybridized carbons (Fsp3) is 0.312. The normalized spacial score (nSPS) is 12.2. The maximum Gasteiger partial charge on any atom is 0.361 e. The maximum atomic E-state index is 13.6. The van der Waals surface area contributed by atoms with Gasteiger partial charge in [-0.25, -0.2) is 32.4 Å². The Balaban J connectivity index is 1.20. The van der Waals surface area contributed by atoms with Gasteiger partial charge in [0.15, 0.2) is 0 Å². The molecule has 244 valence electrons. The number of benzene rings is 4. The molecule has 0 radical (unpaired) electrons. The Bertz CT molecular complexity index is 2240. The summed E-state index contributed by atoms with van der Waals surface area (Å²) in [4.78, 5) is 29.7. The molecule has 1 aromatic heterocycles. The van der Waals surface area contributed by atoms with Gasteiger partial charge >= 0.3 is 11.4 Å². The summed E-state index contributed by atoms with van der Waals surface area (Å²) in [5, 5.41) is 4.82. The molecule has 4 aromatic carbocycles. The van der Waals surface area contributed by atoms with Crippen molar-refractivity contribution in [3.63, 3.8) is 0 Å². The minimum atomic E-state index is -4.40. The van der Waals surface area contributed by atoms with Crippen molar-refractivity contribution in [1.82, 2.24) is 18.5 Å². The monoisotopic (exact) mass is 666 g/mol. The average molecular weight is 667 g/mol. The molecule has 0 spiro atoms. The first-order valence-corrected chi connectivity index (χ1v) is 17.8. The van der Waals surface area contributed by atoms with Crippen LogP contribution in [-0.2, 0) is 26.6 Å². The molecule has 0 aliphatic rings. The molecule has 1 heterocycles. The van der Waals surface area contributed by atoms with Gasteiger partial charge in [0, 0.05) is 74.2 Å². The van der Waals surface area contributed by atoms with Gasteiger partial charge in [0.1, 0.15) is 0 Å². The van der Waals surface area contributed by atoms with Crippen molar-refractivity contribution >= 4 is 53.0 Å². The van der Waals surface area contributed by atoms with Crippen LogP contribution >= 0.6 is 0 Å². The molecule has 0 saturated carbocycles. The first-order valence-electron chi connectivity index (χ1n) is 14.9. The SMILES string of the molecule is CN(C)c1cccc2c(S(=O)(=O)NCCCCCCn3c(=O)[nH]n(S(=O)(=O)c4cccc5c(N(C)C)cccc45)c3=O)cccc12. The Kier molecular flexibility index (Phi) is 9.42. The zero-order chi connectivity index (χ0) is 33.2. The lowest BCUT2D eigenvalue weighted by atomic mass is 10.1. The standard InChI is InChI=1S/C32H38N6O6S2/c1-35(2)27-17-9-15-25-23(27)13-11-19-29(25)45(41,42)33-21-7-5-6-8-22-37-31(39)34-38(32(37)40)46(43,44)30-20-12-14-24-26(30)16-10-18-28(24)36(3)4/h9-20,33H,5-8,21-22H2,1-4H3,(H,34,39). The van der Waals surface area contributed by atoms with E-state index in [4.69, 9.17) is 0 Å². The predicted molar refractivity (Wildman–Crippen MR) is 182 cm³/mol. The van der Waals surface area contributed by atoms with E-state index in [1.54, 1.807) is 42.5 Å². The van der Waals surface area contributed by atoms with E-state index in [2.05, 4.69) is 9.82 Å². The molecule has 0 atom stereocenters. The molecule has 14 heteroatoms. The highest BCUT2D eigenvalue weighted by molar-refractivity contribution is 7.90. The zero-order valence-electron chi connectivity index (χ0n) is 26.2. The number of sulfonamides is 1. The van der Waals surface area contributed by atoms with Crippen molar-refractivity contribution in [2.24, 2.45) is 0 Å². The summed E-state index contributed by atoms with van der Waals surface area (Å²) in [5.74, 6) is 0. The van der Waals surface area contributed by atoms with Gasteiger partial charge in [0.25, 0.3) is 10.0 Å². The van der Waals surface area contributed by atoms with Crippen LogP contribution in [0.15, 0.2) is 92.2 Å². The molecule has 0 bridgehead atoms. The molecule has 0 saturated heterocycles. The lowest BCUT2D eigenvalue weighted by Gasteiger charge is -2.17. The minimum absolute atomic E-state index is 0.0208. The highest BCUT2D eigenvalue weighted by Gasteiger charge is 2.26. The largest absolute Gasteiger partial charge is 0.377 e. The van der Waals surface area contributed by atoms with E-state index in [1.807, 2.05) is 62.3 Å². The third kappa shape index (κ3) is 6.32. The van der Waals surface area contributed by atoms with Gasteiger partial charge in [-0.05, 0) is 37.1 Å². The van der Waals surface area contributed by atoms with E-state index in [-0.39, 0.29) is 22.9 Å². The Morgan fingerprint density at radius 1 is 0.652 bits per heavy atom. The molecule has 0 aliphatic carbocycles. The van der Waals surface area contributed by atoms with Gasteiger partial charge in [-0.15, -0.1) is 4.09 Å². The maximum absolute atomic E-state index is 13.6. The molecule has 0 amide bonds. The average Bonchev–Trinajstić information content (AvgIpc) is 3.32. The van der Waals surface area contributed by atoms with E-state index in [0.29, 0.717) is 45.9 Å². The van der Waals surface area contributed by atoms with E-state index < -0.39 is 31.4 Å². The van der Waals surface area contributed by atoms with Gasteiger partial charge < -0.3 is 9.80 Å². The van der Waals surface area contributed by atoms with Crippen molar-refractivity contribution in [1.29, 1.82) is 0 Å². The number of fused-ring (bicyclic) bond motifs is 2. The van der Waals surface area contributed by atoms with Gasteiger partial charge in [-0.1, -0.05) is 61.4 Å². The Morgan fingerprint density at radius 2 is 1.15 bits per heavy atom. The second-order valence-corrected chi connectivity index (χ2v) is 15.0. The van der Waals surface area contributed by atoms with Crippen LogP contribution in [0.5, 0.6) is 0 Å². The number of aromatic amines is 1. The number of nitrogens with one attached hydrogen (secondary N) is 2. The summed E-state index contributed by atoms with van der Waals surface area (Å²) < 4.78 is 57.3. The lowest BCUT2D eigenvalue weighted by Crippen LogP contribution is -2.32. The van der Waals surface area contributed by atoms with Gasteiger partial charge in [0.05, 0.1) is 9.79 Å². The molecule has 12 nitrogen and oxygen atoms in total. The van der Waals surface area contributed by atoms with Crippen molar-refractivity contribution < 1.29 is 16.8 Å². The van der Waals surface area contributed by atoms with E-state index >= 15 is 0 Å². The number of hydrogen-bond acceptors (Lipinski definition) is 8. The van der Waals surface area contributed by atoms with E-state index in [9.17, 15) is 26.4 Å². The third-order valence-electron chi connectivity index (χ3n) is 7.94. The first-order chi connectivity index (χ1) is 21.8. The minimum Gasteiger partial charge on any atom is -0.377 e. The zero-order valence-corrected chi connectivity index (χ0v) is 27.9. The Morgan fingerprint density at radius 3 is 1.74 bits per heavy atom. The molecule has 0 aliphatic heterocycles. The number of unbranched alkanes of at least 4 members (excludes halogenated alkanes) is 3. The Hall–Kier alpha value is -4.40. The molecule has 2 N–H and O–H groups in total. The second-order valence-electron chi connectivity index (χ2n) is 11.5. The summed E-state index contributed by atoms with van der Waals surface area (Å²) in [6.07, 6.45) is 2.21. The number of aromatic nitrogens is 3.